The van der Waals surface area contributed by atoms with Crippen molar-refractivity contribution in [1.29, 1.82) is 0 Å². The van der Waals surface area contributed by atoms with Crippen LogP contribution in [0.4, 0.5) is 0 Å². The molecule has 0 aromatic rings. The minimum Gasteiger partial charge on any atom is -0.393 e. The molecule has 0 amide bonds. The number of allylic oxidation sites excluding steroid dienone is 2. The van der Waals surface area contributed by atoms with Crippen LogP contribution in [0.3, 0.4) is 0 Å². The minimum absolute atomic E-state index is 0.106. The highest BCUT2D eigenvalue weighted by molar-refractivity contribution is 6.56. The fourth-order valence-corrected chi connectivity index (χ4v) is 3.92. The Hall–Kier alpha value is -0.220. The molecule has 0 aromatic heterocycles. The lowest BCUT2D eigenvalue weighted by molar-refractivity contribution is -0.162. The Morgan fingerprint density at radius 1 is 0.783 bits per heavy atom. The molecule has 0 saturated heterocycles. The predicted octanol–water partition coefficient (Wildman–Crippen LogP) is 5.24. The van der Waals surface area contributed by atoms with Crippen LogP contribution in [0.25, 0.3) is 0 Å². The van der Waals surface area contributed by atoms with Gasteiger partial charge >= 0.3 is 11.9 Å². The van der Waals surface area contributed by atoms with E-state index in [0.717, 1.165) is 0 Å². The molecule has 7 heteroatoms. The standard InChI is InChI=1S/C16H18Cl4O3/c1-15(2)7(5-9(17)18)11(15)13(21)23-14(22)12-8(6-10(19)20)16(12,3)4/h5-8,11-12H,1-4H3/t7-,8-,11+,12+/m1/s1. The first-order valence-electron chi connectivity index (χ1n) is 7.22. The zero-order chi connectivity index (χ0) is 17.7. The molecular weight excluding hydrogens is 382 g/mol. The highest BCUT2D eigenvalue weighted by atomic mass is 35.5. The molecule has 0 radical (unpaired) electrons. The second kappa shape index (κ2) is 6.25. The van der Waals surface area contributed by atoms with Gasteiger partial charge in [-0.15, -0.1) is 0 Å². The number of hydrogen-bond donors (Lipinski definition) is 0. The third-order valence-corrected chi connectivity index (χ3v) is 5.65. The van der Waals surface area contributed by atoms with Crippen LogP contribution in [0.15, 0.2) is 21.1 Å². The number of carbonyl (C=O) groups excluding carboxylic acids is 2. The Morgan fingerprint density at radius 3 is 1.35 bits per heavy atom. The average molecular weight is 400 g/mol. The summed E-state index contributed by atoms with van der Waals surface area (Å²) in [4.78, 5) is 24.5. The first-order valence-corrected chi connectivity index (χ1v) is 8.73. The molecule has 2 aliphatic carbocycles. The van der Waals surface area contributed by atoms with Crippen LogP contribution in [0.2, 0.25) is 0 Å². The number of carbonyl (C=O) groups is 2. The van der Waals surface area contributed by atoms with E-state index >= 15 is 0 Å². The number of hydrogen-bond acceptors (Lipinski definition) is 3. The van der Waals surface area contributed by atoms with Gasteiger partial charge in [-0.2, -0.15) is 0 Å². The van der Waals surface area contributed by atoms with Gasteiger partial charge in [-0.25, -0.2) is 0 Å². The van der Waals surface area contributed by atoms with E-state index in [1.165, 1.54) is 0 Å². The van der Waals surface area contributed by atoms with Gasteiger partial charge in [0.05, 0.1) is 11.8 Å². The van der Waals surface area contributed by atoms with E-state index in [-0.39, 0.29) is 31.6 Å². The molecule has 0 aliphatic heterocycles. The Bertz CT molecular complexity index is 546. The minimum atomic E-state index is -0.543. The van der Waals surface area contributed by atoms with Crippen molar-refractivity contribution in [2.45, 2.75) is 27.7 Å². The summed E-state index contributed by atoms with van der Waals surface area (Å²) >= 11 is 22.6. The van der Waals surface area contributed by atoms with Crippen LogP contribution in [0.1, 0.15) is 27.7 Å². The van der Waals surface area contributed by atoms with E-state index in [2.05, 4.69) is 0 Å². The Morgan fingerprint density at radius 2 is 1.09 bits per heavy atom. The Kier molecular flexibility index (Phi) is 5.20. The second-order valence-electron chi connectivity index (χ2n) is 7.30. The van der Waals surface area contributed by atoms with Crippen molar-refractivity contribution in [1.82, 2.24) is 0 Å². The lowest BCUT2D eigenvalue weighted by Crippen LogP contribution is -2.19. The fourth-order valence-electron chi connectivity index (χ4n) is 3.38. The maximum Gasteiger partial charge on any atom is 0.317 e. The molecule has 3 nitrogen and oxygen atoms in total. The first kappa shape index (κ1) is 19.1. The van der Waals surface area contributed by atoms with Gasteiger partial charge in [-0.3, -0.25) is 9.59 Å². The van der Waals surface area contributed by atoms with Crippen molar-refractivity contribution >= 4 is 58.3 Å². The molecule has 0 heterocycles. The van der Waals surface area contributed by atoms with E-state index < -0.39 is 23.8 Å². The lowest BCUT2D eigenvalue weighted by Gasteiger charge is -2.05. The van der Waals surface area contributed by atoms with Gasteiger partial charge in [0.2, 0.25) is 0 Å². The summed E-state index contributed by atoms with van der Waals surface area (Å²) < 4.78 is 5.30. The molecule has 0 aromatic carbocycles. The van der Waals surface area contributed by atoms with Gasteiger partial charge in [0, 0.05) is 0 Å². The molecule has 2 aliphatic rings. The fraction of sp³-hybridized carbons (Fsp3) is 0.625. The average Bonchev–Trinajstić information content (AvgIpc) is 3.08. The highest BCUT2D eigenvalue weighted by Crippen LogP contribution is 2.62. The largest absolute Gasteiger partial charge is 0.393 e. The van der Waals surface area contributed by atoms with Gasteiger partial charge in [0.15, 0.2) is 0 Å². The van der Waals surface area contributed by atoms with Crippen molar-refractivity contribution in [3.63, 3.8) is 0 Å². The summed E-state index contributed by atoms with van der Waals surface area (Å²) in [6.07, 6.45) is 3.22. The van der Waals surface area contributed by atoms with E-state index in [1.807, 2.05) is 27.7 Å². The van der Waals surface area contributed by atoms with Gasteiger partial charge in [-0.05, 0) is 34.8 Å². The zero-order valence-corrected chi connectivity index (χ0v) is 16.2. The molecule has 2 saturated carbocycles. The SMILES string of the molecule is CC1(C)[C@H](C=C(Cl)Cl)[C@H]1C(=O)OC(=O)[C@@H]1[C@@H](C=C(Cl)Cl)C1(C)C. The van der Waals surface area contributed by atoms with Crippen molar-refractivity contribution in [2.75, 3.05) is 0 Å². The quantitative estimate of drug-likeness (QED) is 0.479. The van der Waals surface area contributed by atoms with Crippen molar-refractivity contribution < 1.29 is 14.3 Å². The molecule has 0 N–H and O–H groups in total. The molecule has 0 unspecified atom stereocenters. The van der Waals surface area contributed by atoms with E-state index in [4.69, 9.17) is 51.1 Å². The monoisotopic (exact) mass is 398 g/mol. The maximum atomic E-state index is 12.3. The summed E-state index contributed by atoms with van der Waals surface area (Å²) in [5, 5.41) is 0. The highest BCUT2D eigenvalue weighted by Gasteiger charge is 2.65. The summed E-state index contributed by atoms with van der Waals surface area (Å²) in [5.74, 6) is -2.20. The third kappa shape index (κ3) is 3.73. The molecule has 0 spiro atoms. The van der Waals surface area contributed by atoms with Crippen LogP contribution >= 0.6 is 46.4 Å². The number of ether oxygens (including phenoxy) is 1. The molecule has 2 fully saturated rings. The van der Waals surface area contributed by atoms with Gasteiger partial charge < -0.3 is 4.74 Å². The summed E-state index contributed by atoms with van der Waals surface area (Å²) in [6.45, 7) is 7.62. The van der Waals surface area contributed by atoms with Crippen molar-refractivity contribution in [3.05, 3.63) is 21.1 Å². The molecular formula is C16H18Cl4O3. The zero-order valence-electron chi connectivity index (χ0n) is 13.2. The van der Waals surface area contributed by atoms with Crippen LogP contribution in [0.5, 0.6) is 0 Å². The number of rotatable bonds is 4. The summed E-state index contributed by atoms with van der Waals surface area (Å²) in [5.41, 5.74) is -0.658. The third-order valence-electron chi connectivity index (χ3n) is 5.14. The first-order chi connectivity index (χ1) is 10.4. The van der Waals surface area contributed by atoms with Crippen molar-refractivity contribution in [3.8, 4) is 0 Å². The molecule has 23 heavy (non-hydrogen) atoms. The predicted molar refractivity (Wildman–Crippen MR) is 92.2 cm³/mol. The van der Waals surface area contributed by atoms with Crippen LogP contribution in [0, 0.1) is 34.5 Å². The van der Waals surface area contributed by atoms with Crippen molar-refractivity contribution in [2.24, 2.45) is 34.5 Å². The Balaban J connectivity index is 2.01. The molecule has 4 atom stereocenters. The topological polar surface area (TPSA) is 43.4 Å². The van der Waals surface area contributed by atoms with E-state index in [1.54, 1.807) is 12.2 Å². The van der Waals surface area contributed by atoms with Gasteiger partial charge in [-0.1, -0.05) is 74.1 Å². The smallest absolute Gasteiger partial charge is 0.317 e. The molecule has 0 bridgehead atoms. The van der Waals surface area contributed by atoms with Gasteiger partial charge in [0.1, 0.15) is 8.98 Å². The second-order valence-corrected chi connectivity index (χ2v) is 9.32. The van der Waals surface area contributed by atoms with Crippen LogP contribution < -0.4 is 0 Å². The van der Waals surface area contributed by atoms with E-state index in [9.17, 15) is 9.59 Å². The normalized spacial score (nSPS) is 32.5. The summed E-state index contributed by atoms with van der Waals surface area (Å²) in [6, 6.07) is 0. The molecule has 2 rings (SSSR count). The van der Waals surface area contributed by atoms with Crippen LogP contribution in [-0.2, 0) is 14.3 Å². The number of esters is 2. The van der Waals surface area contributed by atoms with Crippen LogP contribution in [-0.4, -0.2) is 11.9 Å². The van der Waals surface area contributed by atoms with Gasteiger partial charge in [0.25, 0.3) is 0 Å². The lowest BCUT2D eigenvalue weighted by atomic mass is 10.1. The maximum absolute atomic E-state index is 12.3. The summed E-state index contributed by atoms with van der Waals surface area (Å²) in [7, 11) is 0. The molecule has 128 valence electrons. The van der Waals surface area contributed by atoms with E-state index in [0.29, 0.717) is 0 Å². The Labute approximate surface area is 155 Å². The number of halogens is 4.